The van der Waals surface area contributed by atoms with Crippen LogP contribution in [0.4, 0.5) is 0 Å². The number of hydrogen-bond acceptors (Lipinski definition) is 7. The summed E-state index contributed by atoms with van der Waals surface area (Å²) < 4.78 is 23.4. The van der Waals surface area contributed by atoms with Gasteiger partial charge < -0.3 is 33.4 Å². The first kappa shape index (κ1) is 63.2. The summed E-state index contributed by atoms with van der Waals surface area (Å²) in [5, 5.41) is 0. The van der Waals surface area contributed by atoms with Crippen LogP contribution in [-0.4, -0.2) is 83.0 Å². The lowest BCUT2D eigenvalue weighted by Gasteiger charge is -2.29. The van der Waals surface area contributed by atoms with Crippen molar-refractivity contribution in [2.75, 3.05) is 53.7 Å². The number of nitrogens with zero attached hydrogens (tertiary/aromatic N) is 1. The first-order chi connectivity index (χ1) is 30.4. The fourth-order valence-electron chi connectivity index (χ4n) is 8.83. The highest BCUT2D eigenvalue weighted by atomic mass is 16.7. The molecule has 0 bridgehead atoms. The second-order valence-electron chi connectivity index (χ2n) is 18.7. The molecule has 7 heteroatoms. The Balaban J connectivity index is 0. The normalized spacial score (nSPS) is 14.6. The van der Waals surface area contributed by atoms with Gasteiger partial charge in [-0.05, 0) is 57.0 Å². The minimum Gasteiger partial charge on any atom is -0.385 e. The van der Waals surface area contributed by atoms with Gasteiger partial charge >= 0.3 is 0 Å². The van der Waals surface area contributed by atoms with E-state index >= 15 is 0 Å². The molecule has 1 fully saturated rings. The van der Waals surface area contributed by atoms with E-state index in [0.717, 1.165) is 84.1 Å². The smallest absolute Gasteiger partial charge is 0.168 e. The van der Waals surface area contributed by atoms with Gasteiger partial charge in [-0.15, -0.1) is 0 Å². The number of unbranched alkanes of at least 4 members (excludes halogenated alkanes) is 20. The Bertz CT molecular complexity index is 797. The third kappa shape index (κ3) is 41.8. The zero-order chi connectivity index (χ0) is 46.0. The third-order valence-electron chi connectivity index (χ3n) is 13.1. The van der Waals surface area contributed by atoms with Crippen LogP contribution in [0.25, 0.3) is 0 Å². The van der Waals surface area contributed by atoms with Crippen molar-refractivity contribution >= 4 is 12.6 Å². The molecule has 0 aromatic heterocycles. The Morgan fingerprint density at radius 2 is 0.871 bits per heavy atom. The van der Waals surface area contributed by atoms with Gasteiger partial charge in [0.25, 0.3) is 0 Å². The molecule has 0 aliphatic carbocycles. The largest absolute Gasteiger partial charge is 0.385 e. The summed E-state index contributed by atoms with van der Waals surface area (Å²) in [5.41, 5.74) is 0. The molecular weight excluding hydrogens is 771 g/mol. The molecule has 0 spiro atoms. The average Bonchev–Trinajstić information content (AvgIpc) is 3.69. The lowest BCUT2D eigenvalue weighted by Crippen LogP contribution is -2.32. The van der Waals surface area contributed by atoms with E-state index in [2.05, 4.69) is 46.4 Å². The minimum absolute atomic E-state index is 0.266. The molecule has 1 rings (SSSR count). The number of carbonyl (C=O) groups is 2. The molecule has 7 nitrogen and oxygen atoms in total. The number of aldehydes is 2. The lowest BCUT2D eigenvalue weighted by atomic mass is 9.93. The molecule has 0 saturated carbocycles. The van der Waals surface area contributed by atoms with Crippen molar-refractivity contribution in [1.29, 1.82) is 0 Å². The summed E-state index contributed by atoms with van der Waals surface area (Å²) >= 11 is 0. The Morgan fingerprint density at radius 1 is 0.516 bits per heavy atom. The lowest BCUT2D eigenvalue weighted by molar-refractivity contribution is -0.180. The van der Waals surface area contributed by atoms with Crippen molar-refractivity contribution in [3.8, 4) is 0 Å². The van der Waals surface area contributed by atoms with Gasteiger partial charge in [0.15, 0.2) is 5.79 Å². The SMILES string of the molecule is CCCCCC(CC=O)CCCCC.CCCCCC(CC=O)CCCCC.CCN(CC)CCC1COC(CCCCCCCCCOC)(CCCCCCCCCOC)O1. The van der Waals surface area contributed by atoms with E-state index in [0.29, 0.717) is 11.8 Å². The molecule has 1 atom stereocenters. The van der Waals surface area contributed by atoms with E-state index in [1.807, 2.05) is 0 Å². The summed E-state index contributed by atoms with van der Waals surface area (Å²) in [4.78, 5) is 23.5. The molecule has 0 radical (unpaired) electrons. The van der Waals surface area contributed by atoms with Gasteiger partial charge in [-0.2, -0.15) is 0 Å². The van der Waals surface area contributed by atoms with Crippen LogP contribution in [-0.2, 0) is 28.5 Å². The molecule has 0 N–H and O–H groups in total. The highest BCUT2D eigenvalue weighted by molar-refractivity contribution is 5.49. The summed E-state index contributed by atoms with van der Waals surface area (Å²) in [5.74, 6) is 1.03. The van der Waals surface area contributed by atoms with Crippen molar-refractivity contribution in [2.24, 2.45) is 11.8 Å². The maximum absolute atomic E-state index is 10.5. The number of methoxy groups -OCH3 is 2. The van der Waals surface area contributed by atoms with E-state index in [1.165, 1.54) is 193 Å². The molecule has 1 unspecified atom stereocenters. The molecule has 1 saturated heterocycles. The fraction of sp³-hybridized carbons (Fsp3) is 0.964. The zero-order valence-electron chi connectivity index (χ0n) is 43.3. The monoisotopic (exact) mass is 882 g/mol. The number of ether oxygens (including phenoxy) is 4. The number of hydrogen-bond donors (Lipinski definition) is 0. The molecule has 0 amide bonds. The number of carbonyl (C=O) groups excluding carboxylic acids is 2. The van der Waals surface area contributed by atoms with Crippen LogP contribution >= 0.6 is 0 Å². The molecule has 1 aliphatic heterocycles. The maximum atomic E-state index is 10.5. The molecule has 372 valence electrons. The van der Waals surface area contributed by atoms with Crippen molar-refractivity contribution in [1.82, 2.24) is 4.90 Å². The average molecular weight is 882 g/mol. The first-order valence-corrected chi connectivity index (χ1v) is 27.3. The quantitative estimate of drug-likeness (QED) is 0.0445. The van der Waals surface area contributed by atoms with Crippen molar-refractivity contribution in [3.05, 3.63) is 0 Å². The van der Waals surface area contributed by atoms with Crippen LogP contribution in [0.1, 0.15) is 266 Å². The second-order valence-corrected chi connectivity index (χ2v) is 18.7. The van der Waals surface area contributed by atoms with E-state index in [4.69, 9.17) is 18.9 Å². The van der Waals surface area contributed by atoms with Crippen molar-refractivity contribution < 1.29 is 28.5 Å². The van der Waals surface area contributed by atoms with Gasteiger partial charge in [-0.25, -0.2) is 0 Å². The van der Waals surface area contributed by atoms with Crippen LogP contribution < -0.4 is 0 Å². The van der Waals surface area contributed by atoms with E-state index in [-0.39, 0.29) is 11.9 Å². The molecule has 0 aromatic rings. The molecular formula is C55H111NO6. The van der Waals surface area contributed by atoms with Crippen molar-refractivity contribution in [2.45, 2.75) is 278 Å². The second kappa shape index (κ2) is 51.1. The Labute approximate surface area is 388 Å². The highest BCUT2D eigenvalue weighted by Crippen LogP contribution is 2.36. The van der Waals surface area contributed by atoms with Gasteiger partial charge in [0, 0.05) is 59.7 Å². The van der Waals surface area contributed by atoms with Crippen molar-refractivity contribution in [3.63, 3.8) is 0 Å². The fourth-order valence-corrected chi connectivity index (χ4v) is 8.83. The van der Waals surface area contributed by atoms with Crippen LogP contribution in [0, 0.1) is 11.8 Å². The van der Waals surface area contributed by atoms with Crippen LogP contribution in [0.5, 0.6) is 0 Å². The van der Waals surface area contributed by atoms with Gasteiger partial charge in [-0.1, -0.05) is 208 Å². The predicted molar refractivity (Wildman–Crippen MR) is 268 cm³/mol. The standard InChI is InChI=1S/C29H59NO4.2C13H26O/c1-5-30(6-2)24-21-28-27-33-29(34-28,22-17-13-9-7-11-15-19-25-31-3)23-18-14-10-8-12-16-20-26-32-4;2*1-3-5-7-9-13(11-12-14)10-8-6-4-2/h28H,5-27H2,1-4H3;2*12-13H,3-11H2,1-2H3. The Hall–Kier alpha value is -0.860. The Kier molecular flexibility index (Phi) is 52.1. The van der Waals surface area contributed by atoms with Crippen LogP contribution in [0.3, 0.4) is 0 Å². The summed E-state index contributed by atoms with van der Waals surface area (Å²) in [6, 6.07) is 0. The van der Waals surface area contributed by atoms with E-state index < -0.39 is 0 Å². The van der Waals surface area contributed by atoms with E-state index in [9.17, 15) is 9.59 Å². The van der Waals surface area contributed by atoms with Crippen LogP contribution in [0.2, 0.25) is 0 Å². The molecule has 1 aliphatic rings. The van der Waals surface area contributed by atoms with Gasteiger partial charge in [0.1, 0.15) is 12.6 Å². The third-order valence-corrected chi connectivity index (χ3v) is 13.1. The number of rotatable bonds is 45. The topological polar surface area (TPSA) is 74.3 Å². The summed E-state index contributed by atoms with van der Waals surface area (Å²) in [7, 11) is 3.59. The van der Waals surface area contributed by atoms with Gasteiger partial charge in [0.05, 0.1) is 12.7 Å². The zero-order valence-corrected chi connectivity index (χ0v) is 43.3. The summed E-state index contributed by atoms with van der Waals surface area (Å²) in [6.07, 6.45) is 46.0. The van der Waals surface area contributed by atoms with Crippen LogP contribution in [0.15, 0.2) is 0 Å². The van der Waals surface area contributed by atoms with Gasteiger partial charge in [-0.3, -0.25) is 0 Å². The minimum atomic E-state index is -0.315. The first-order valence-electron chi connectivity index (χ1n) is 27.3. The Morgan fingerprint density at radius 3 is 1.19 bits per heavy atom. The van der Waals surface area contributed by atoms with E-state index in [1.54, 1.807) is 14.2 Å². The highest BCUT2D eigenvalue weighted by Gasteiger charge is 2.40. The molecule has 1 heterocycles. The molecule has 62 heavy (non-hydrogen) atoms. The van der Waals surface area contributed by atoms with Gasteiger partial charge in [0.2, 0.25) is 0 Å². The summed E-state index contributed by atoms with van der Waals surface area (Å²) in [6.45, 7) is 19.3. The molecule has 0 aromatic carbocycles. The maximum Gasteiger partial charge on any atom is 0.168 e. The predicted octanol–water partition coefficient (Wildman–Crippen LogP) is 16.1.